The van der Waals surface area contributed by atoms with Gasteiger partial charge in [-0.3, -0.25) is 0 Å². The topological polar surface area (TPSA) is 31.6 Å². The van der Waals surface area contributed by atoms with E-state index in [0.29, 0.717) is 5.92 Å². The van der Waals surface area contributed by atoms with Crippen LogP contribution in [0.2, 0.25) is 0 Å². The summed E-state index contributed by atoms with van der Waals surface area (Å²) < 4.78 is 0. The van der Waals surface area contributed by atoms with Gasteiger partial charge in [0.2, 0.25) is 0 Å². The van der Waals surface area contributed by atoms with Gasteiger partial charge >= 0.3 is 0 Å². The van der Waals surface area contributed by atoms with Gasteiger partial charge in [0.15, 0.2) is 0 Å². The first kappa shape index (κ1) is 17.0. The van der Waals surface area contributed by atoms with Gasteiger partial charge in [-0.2, -0.15) is 0 Å². The first-order valence-electron chi connectivity index (χ1n) is 9.80. The van der Waals surface area contributed by atoms with E-state index in [1.807, 2.05) is 0 Å². The third-order valence-corrected chi connectivity index (χ3v) is 6.19. The smallest absolute Gasteiger partial charge is 0.0457 e. The normalized spacial score (nSPS) is 14.3. The summed E-state index contributed by atoms with van der Waals surface area (Å²) >= 11 is 0. The molecule has 2 heterocycles. The molecule has 0 aliphatic rings. The van der Waals surface area contributed by atoms with Crippen LogP contribution in [0.4, 0.5) is 0 Å². The van der Waals surface area contributed by atoms with Gasteiger partial charge in [0.1, 0.15) is 0 Å². The quantitative estimate of drug-likeness (QED) is 0.377. The molecule has 0 spiro atoms. The predicted molar refractivity (Wildman–Crippen MR) is 112 cm³/mol. The van der Waals surface area contributed by atoms with Gasteiger partial charge in [0, 0.05) is 40.1 Å². The highest BCUT2D eigenvalue weighted by atomic mass is 14.7. The Kier molecular flexibility index (Phi) is 4.36. The molecule has 0 fully saturated rings. The number of nitrogens with one attached hydrogen (secondary N) is 2. The summed E-state index contributed by atoms with van der Waals surface area (Å²) in [7, 11) is 0. The second-order valence-electron chi connectivity index (χ2n) is 7.77. The third kappa shape index (κ3) is 2.65. The highest BCUT2D eigenvalue weighted by molar-refractivity contribution is 5.88. The molecule has 0 radical (unpaired) electrons. The first-order valence-corrected chi connectivity index (χ1v) is 9.80. The molecule has 1 atom stereocenters. The molecule has 26 heavy (non-hydrogen) atoms. The molecule has 0 saturated carbocycles. The van der Waals surface area contributed by atoms with E-state index in [-0.39, 0.29) is 5.41 Å². The van der Waals surface area contributed by atoms with Crippen molar-refractivity contribution in [1.29, 1.82) is 0 Å². The highest BCUT2D eigenvalue weighted by Gasteiger charge is 2.36. The second-order valence-corrected chi connectivity index (χ2v) is 7.77. The summed E-state index contributed by atoms with van der Waals surface area (Å²) in [5, 5.41) is 2.69. The van der Waals surface area contributed by atoms with Crippen molar-refractivity contribution < 1.29 is 0 Å². The van der Waals surface area contributed by atoms with Gasteiger partial charge in [-0.05, 0) is 41.5 Å². The van der Waals surface area contributed by atoms with Crippen LogP contribution in [0.5, 0.6) is 0 Å². The van der Waals surface area contributed by atoms with Crippen LogP contribution in [0.3, 0.4) is 0 Å². The van der Waals surface area contributed by atoms with Crippen LogP contribution < -0.4 is 0 Å². The molecule has 2 N–H and O–H groups in total. The maximum atomic E-state index is 3.51. The van der Waals surface area contributed by atoms with E-state index in [0.717, 1.165) is 6.42 Å². The van der Waals surface area contributed by atoms with Crippen molar-refractivity contribution in [2.75, 3.05) is 0 Å². The third-order valence-electron chi connectivity index (χ3n) is 6.19. The average molecular weight is 345 g/mol. The maximum Gasteiger partial charge on any atom is 0.0457 e. The van der Waals surface area contributed by atoms with Gasteiger partial charge < -0.3 is 9.97 Å². The Bertz CT molecular complexity index is 949. The fraction of sp³-hybridized carbons (Fsp3) is 0.333. The molecule has 1 unspecified atom stereocenters. The number of fused-ring (bicyclic) bond motifs is 2. The molecule has 2 aromatic carbocycles. The van der Waals surface area contributed by atoms with Gasteiger partial charge in [0.05, 0.1) is 0 Å². The van der Waals surface area contributed by atoms with Crippen LogP contribution in [0, 0.1) is 5.41 Å². The predicted octanol–water partition coefficient (Wildman–Crippen LogP) is 7.00. The van der Waals surface area contributed by atoms with E-state index in [4.69, 9.17) is 0 Å². The molecule has 2 aromatic heterocycles. The Balaban J connectivity index is 1.98. The molecule has 4 aromatic rings. The first-order chi connectivity index (χ1) is 12.7. The number of para-hydroxylation sites is 2. The molecule has 0 aliphatic carbocycles. The minimum Gasteiger partial charge on any atom is -0.361 e. The van der Waals surface area contributed by atoms with Crippen LogP contribution in [-0.2, 0) is 0 Å². The number of benzene rings is 2. The average Bonchev–Trinajstić information content (AvgIpc) is 3.28. The molecule has 0 amide bonds. The number of H-pyrrole nitrogens is 2. The molecular weight excluding hydrogens is 316 g/mol. The molecule has 0 bridgehead atoms. The van der Waals surface area contributed by atoms with Crippen LogP contribution in [0.15, 0.2) is 60.9 Å². The summed E-state index contributed by atoms with van der Waals surface area (Å²) in [6, 6.07) is 17.4. The second kappa shape index (κ2) is 6.68. The van der Waals surface area contributed by atoms with Crippen LogP contribution in [0.25, 0.3) is 21.8 Å². The monoisotopic (exact) mass is 344 g/mol. The fourth-order valence-electron chi connectivity index (χ4n) is 4.68. The van der Waals surface area contributed by atoms with Crippen molar-refractivity contribution in [1.82, 2.24) is 9.97 Å². The molecule has 0 aliphatic heterocycles. The summed E-state index contributed by atoms with van der Waals surface area (Å²) in [4.78, 5) is 7.01. The molecule has 2 nitrogen and oxygen atoms in total. The molecule has 2 heteroatoms. The Morgan fingerprint density at radius 2 is 1.31 bits per heavy atom. The van der Waals surface area contributed by atoms with E-state index in [9.17, 15) is 0 Å². The van der Waals surface area contributed by atoms with E-state index in [2.05, 4.69) is 91.7 Å². The fourth-order valence-corrected chi connectivity index (χ4v) is 4.68. The molecular formula is C24H28N2. The largest absolute Gasteiger partial charge is 0.361 e. The Labute approximate surface area is 155 Å². The lowest BCUT2D eigenvalue weighted by molar-refractivity contribution is 0.245. The Hall–Kier alpha value is -2.48. The lowest BCUT2D eigenvalue weighted by Gasteiger charge is -2.37. The number of aromatic amines is 2. The number of hydrogen-bond acceptors (Lipinski definition) is 0. The van der Waals surface area contributed by atoms with Crippen molar-refractivity contribution in [2.24, 2.45) is 5.41 Å². The number of hydrogen-bond donors (Lipinski definition) is 2. The highest BCUT2D eigenvalue weighted by Crippen LogP contribution is 2.49. The minimum atomic E-state index is 0.213. The summed E-state index contributed by atoms with van der Waals surface area (Å²) in [5.41, 5.74) is 5.50. The van der Waals surface area contributed by atoms with Crippen molar-refractivity contribution in [3.8, 4) is 0 Å². The number of rotatable bonds is 6. The van der Waals surface area contributed by atoms with E-state index < -0.39 is 0 Å². The maximum absolute atomic E-state index is 3.51. The van der Waals surface area contributed by atoms with Gasteiger partial charge in [-0.1, -0.05) is 63.6 Å². The summed E-state index contributed by atoms with van der Waals surface area (Å²) in [5.74, 6) is 0.361. The zero-order valence-electron chi connectivity index (χ0n) is 16.0. The molecule has 4 rings (SSSR count). The minimum absolute atomic E-state index is 0.213. The van der Waals surface area contributed by atoms with Crippen molar-refractivity contribution in [2.45, 2.75) is 46.0 Å². The summed E-state index contributed by atoms with van der Waals surface area (Å²) in [6.07, 6.45) is 8.05. The zero-order valence-corrected chi connectivity index (χ0v) is 16.0. The lowest BCUT2D eigenvalue weighted by Crippen LogP contribution is -2.26. The molecule has 0 saturated heterocycles. The van der Waals surface area contributed by atoms with Crippen molar-refractivity contribution in [3.63, 3.8) is 0 Å². The van der Waals surface area contributed by atoms with E-state index in [1.165, 1.54) is 45.8 Å². The van der Waals surface area contributed by atoms with E-state index in [1.54, 1.807) is 0 Å². The Morgan fingerprint density at radius 1 is 0.808 bits per heavy atom. The van der Waals surface area contributed by atoms with Gasteiger partial charge in [-0.25, -0.2) is 0 Å². The van der Waals surface area contributed by atoms with Crippen molar-refractivity contribution in [3.05, 3.63) is 72.1 Å². The standard InChI is InChI=1S/C24H28N2/c1-4-14-24(3,5-2)23(19-15-25-21-12-8-6-10-17(19)21)20-16-26-22-13-9-7-11-18(20)22/h6-13,15-16,23,25-26H,4-5,14H2,1-3H3. The SMILES string of the molecule is CCCC(C)(CC)C(c1c[nH]c2ccccc12)c1c[nH]c2ccccc12. The van der Waals surface area contributed by atoms with Gasteiger partial charge in [-0.15, -0.1) is 0 Å². The summed E-state index contributed by atoms with van der Waals surface area (Å²) in [6.45, 7) is 7.10. The molecule has 134 valence electrons. The van der Waals surface area contributed by atoms with Crippen LogP contribution in [-0.4, -0.2) is 9.97 Å². The van der Waals surface area contributed by atoms with Gasteiger partial charge in [0.25, 0.3) is 0 Å². The van der Waals surface area contributed by atoms with Crippen molar-refractivity contribution >= 4 is 21.8 Å². The van der Waals surface area contributed by atoms with Crippen LogP contribution in [0.1, 0.15) is 57.1 Å². The number of aromatic nitrogens is 2. The zero-order chi connectivity index (χ0) is 18.1. The Morgan fingerprint density at radius 3 is 1.77 bits per heavy atom. The lowest BCUT2D eigenvalue weighted by atomic mass is 9.66. The van der Waals surface area contributed by atoms with E-state index >= 15 is 0 Å². The van der Waals surface area contributed by atoms with Crippen LogP contribution >= 0.6 is 0 Å².